The lowest BCUT2D eigenvalue weighted by molar-refractivity contribution is -0.142. The highest BCUT2D eigenvalue weighted by Gasteiger charge is 2.30. The highest BCUT2D eigenvalue weighted by Crippen LogP contribution is 2.28. The molecular weight excluding hydrogens is 494 g/mol. The molecular formula is C27H41N3O6S. The molecule has 1 aliphatic carbocycles. The van der Waals surface area contributed by atoms with Crippen molar-refractivity contribution in [1.29, 1.82) is 0 Å². The Kier molecular flexibility index (Phi) is 12.2. The fraction of sp³-hybridized carbons (Fsp3) is 0.630. The molecule has 10 heteroatoms. The molecule has 0 bridgehead atoms. The summed E-state index contributed by atoms with van der Waals surface area (Å²) in [5, 5.41) is 17.7. The number of ether oxygens (including phenoxy) is 1. The number of carbonyl (C=O) groups is 4. The van der Waals surface area contributed by atoms with Gasteiger partial charge in [0.05, 0.1) is 0 Å². The van der Waals surface area contributed by atoms with Gasteiger partial charge in [-0.1, -0.05) is 30.3 Å². The van der Waals surface area contributed by atoms with Gasteiger partial charge in [0.1, 0.15) is 17.7 Å². The molecule has 1 aromatic carbocycles. The normalized spacial score (nSPS) is 19.2. The number of amides is 3. The molecule has 0 aromatic heterocycles. The Balaban J connectivity index is 1.87. The maximum atomic E-state index is 13.0. The molecule has 0 heterocycles. The number of nitrogens with one attached hydrogen (secondary N) is 3. The summed E-state index contributed by atoms with van der Waals surface area (Å²) >= 11 is 1.55. The summed E-state index contributed by atoms with van der Waals surface area (Å²) in [7, 11) is 0. The van der Waals surface area contributed by atoms with E-state index in [-0.39, 0.29) is 23.7 Å². The first-order valence-corrected chi connectivity index (χ1v) is 14.2. The van der Waals surface area contributed by atoms with E-state index in [4.69, 9.17) is 4.74 Å². The molecule has 4 N–H and O–H groups in total. The summed E-state index contributed by atoms with van der Waals surface area (Å²) in [6.45, 7) is 5.74. The maximum absolute atomic E-state index is 13.0. The molecule has 2 atom stereocenters. The lowest BCUT2D eigenvalue weighted by Gasteiger charge is -2.29. The number of carboxylic acids is 1. The highest BCUT2D eigenvalue weighted by atomic mass is 32.2. The molecule has 0 aliphatic heterocycles. The highest BCUT2D eigenvalue weighted by molar-refractivity contribution is 7.98. The van der Waals surface area contributed by atoms with E-state index < -0.39 is 29.7 Å². The molecule has 0 saturated heterocycles. The first-order valence-electron chi connectivity index (χ1n) is 12.8. The van der Waals surface area contributed by atoms with Gasteiger partial charge < -0.3 is 25.8 Å². The Labute approximate surface area is 223 Å². The Morgan fingerprint density at radius 2 is 1.68 bits per heavy atom. The lowest BCUT2D eigenvalue weighted by Crippen LogP contribution is -2.50. The van der Waals surface area contributed by atoms with Gasteiger partial charge in [-0.3, -0.25) is 9.59 Å². The molecule has 1 aliphatic rings. The van der Waals surface area contributed by atoms with E-state index in [0.717, 1.165) is 18.4 Å². The van der Waals surface area contributed by atoms with Crippen molar-refractivity contribution in [3.05, 3.63) is 35.9 Å². The largest absolute Gasteiger partial charge is 0.480 e. The van der Waals surface area contributed by atoms with Crippen molar-refractivity contribution < 1.29 is 29.0 Å². The first-order chi connectivity index (χ1) is 17.5. The van der Waals surface area contributed by atoms with E-state index in [1.165, 1.54) is 0 Å². The van der Waals surface area contributed by atoms with Crippen LogP contribution in [0.4, 0.5) is 4.79 Å². The Hall–Kier alpha value is -2.75. The maximum Gasteiger partial charge on any atom is 0.408 e. The van der Waals surface area contributed by atoms with Crippen LogP contribution in [0, 0.1) is 11.8 Å². The van der Waals surface area contributed by atoms with Gasteiger partial charge in [0, 0.05) is 18.9 Å². The summed E-state index contributed by atoms with van der Waals surface area (Å²) in [6, 6.07) is 7.81. The minimum Gasteiger partial charge on any atom is -0.480 e. The molecule has 1 aromatic rings. The molecule has 2 rings (SSSR count). The average molecular weight is 536 g/mol. The molecule has 37 heavy (non-hydrogen) atoms. The van der Waals surface area contributed by atoms with Crippen LogP contribution in [0.15, 0.2) is 30.3 Å². The number of carboxylic acid groups (broad SMARTS) is 1. The zero-order chi connectivity index (χ0) is 27.4. The van der Waals surface area contributed by atoms with Gasteiger partial charge in [-0.15, -0.1) is 0 Å². The van der Waals surface area contributed by atoms with Crippen LogP contribution < -0.4 is 16.0 Å². The monoisotopic (exact) mass is 535 g/mol. The Morgan fingerprint density at radius 1 is 1.03 bits per heavy atom. The fourth-order valence-electron chi connectivity index (χ4n) is 4.29. The number of benzene rings is 1. The molecule has 2 unspecified atom stereocenters. The molecule has 9 nitrogen and oxygen atoms in total. The fourth-order valence-corrected chi connectivity index (χ4v) is 4.76. The van der Waals surface area contributed by atoms with Crippen LogP contribution in [0.2, 0.25) is 0 Å². The van der Waals surface area contributed by atoms with Gasteiger partial charge in [0.2, 0.25) is 11.8 Å². The van der Waals surface area contributed by atoms with Gasteiger partial charge >= 0.3 is 12.1 Å². The van der Waals surface area contributed by atoms with Crippen LogP contribution in [-0.4, -0.2) is 65.2 Å². The SMILES string of the molecule is CSCCC(NC(=O)C1CCC(CNC(=O)C(Cc2ccccc2)NC(=O)OC(C)(C)C)CC1)C(=O)O. The van der Waals surface area contributed by atoms with Crippen molar-refractivity contribution in [2.45, 2.75) is 77.0 Å². The predicted molar refractivity (Wildman–Crippen MR) is 144 cm³/mol. The van der Waals surface area contributed by atoms with E-state index in [2.05, 4.69) is 16.0 Å². The van der Waals surface area contributed by atoms with Crippen molar-refractivity contribution in [1.82, 2.24) is 16.0 Å². The molecule has 3 amide bonds. The van der Waals surface area contributed by atoms with E-state index in [9.17, 15) is 24.3 Å². The van der Waals surface area contributed by atoms with E-state index >= 15 is 0 Å². The molecule has 1 fully saturated rings. The summed E-state index contributed by atoms with van der Waals surface area (Å²) in [6.07, 6.45) is 4.78. The third-order valence-electron chi connectivity index (χ3n) is 6.30. The predicted octanol–water partition coefficient (Wildman–Crippen LogP) is 3.37. The zero-order valence-electron chi connectivity index (χ0n) is 22.2. The van der Waals surface area contributed by atoms with Gasteiger partial charge in [0.15, 0.2) is 0 Å². The van der Waals surface area contributed by atoms with Crippen LogP contribution in [0.5, 0.6) is 0 Å². The van der Waals surface area contributed by atoms with Crippen LogP contribution in [0.3, 0.4) is 0 Å². The van der Waals surface area contributed by atoms with Crippen molar-refractivity contribution in [2.75, 3.05) is 18.6 Å². The van der Waals surface area contributed by atoms with Gasteiger partial charge in [-0.25, -0.2) is 9.59 Å². The second-order valence-corrected chi connectivity index (χ2v) is 11.5. The number of hydrogen-bond donors (Lipinski definition) is 4. The topological polar surface area (TPSA) is 134 Å². The third-order valence-corrected chi connectivity index (χ3v) is 6.94. The Morgan fingerprint density at radius 3 is 2.24 bits per heavy atom. The van der Waals surface area contributed by atoms with E-state index in [1.807, 2.05) is 36.6 Å². The van der Waals surface area contributed by atoms with Crippen molar-refractivity contribution in [3.63, 3.8) is 0 Å². The van der Waals surface area contributed by atoms with E-state index in [0.29, 0.717) is 38.0 Å². The summed E-state index contributed by atoms with van der Waals surface area (Å²) in [5.74, 6) is -0.851. The summed E-state index contributed by atoms with van der Waals surface area (Å²) in [5.41, 5.74) is 0.241. The van der Waals surface area contributed by atoms with Crippen molar-refractivity contribution in [2.24, 2.45) is 11.8 Å². The van der Waals surface area contributed by atoms with Crippen LogP contribution in [0.25, 0.3) is 0 Å². The van der Waals surface area contributed by atoms with Crippen LogP contribution >= 0.6 is 11.8 Å². The quantitative estimate of drug-likeness (QED) is 0.322. The van der Waals surface area contributed by atoms with Crippen LogP contribution in [0.1, 0.15) is 58.4 Å². The molecule has 1 saturated carbocycles. The lowest BCUT2D eigenvalue weighted by atomic mass is 9.81. The minimum atomic E-state index is -1.01. The zero-order valence-corrected chi connectivity index (χ0v) is 23.1. The second-order valence-electron chi connectivity index (χ2n) is 10.5. The molecule has 0 radical (unpaired) electrons. The number of alkyl carbamates (subject to hydrolysis) is 1. The number of thioether (sulfide) groups is 1. The van der Waals surface area contributed by atoms with Crippen LogP contribution in [-0.2, 0) is 25.5 Å². The summed E-state index contributed by atoms with van der Waals surface area (Å²) < 4.78 is 5.34. The Bertz CT molecular complexity index is 897. The number of hydrogen-bond acceptors (Lipinski definition) is 6. The minimum absolute atomic E-state index is 0.207. The number of carbonyl (C=O) groups excluding carboxylic acids is 3. The second kappa shape index (κ2) is 14.9. The number of aliphatic carboxylic acids is 1. The number of rotatable bonds is 12. The standard InChI is InChI=1S/C27H41N3O6S/c1-27(2,3)36-26(35)30-22(16-18-8-6-5-7-9-18)24(32)28-17-19-10-12-20(13-11-19)23(31)29-21(25(33)34)14-15-37-4/h5-9,19-22H,10-17H2,1-4H3,(H,28,32)(H,29,31)(H,30,35)(H,33,34). The smallest absolute Gasteiger partial charge is 0.408 e. The molecule has 0 spiro atoms. The van der Waals surface area contributed by atoms with Gasteiger partial charge in [-0.05, 0) is 76.4 Å². The van der Waals surface area contributed by atoms with Gasteiger partial charge in [0.25, 0.3) is 0 Å². The average Bonchev–Trinajstić information content (AvgIpc) is 2.84. The molecule has 206 valence electrons. The van der Waals surface area contributed by atoms with E-state index in [1.54, 1.807) is 32.5 Å². The van der Waals surface area contributed by atoms with Crippen molar-refractivity contribution in [3.8, 4) is 0 Å². The first kappa shape index (κ1) is 30.5. The third kappa shape index (κ3) is 11.5. The van der Waals surface area contributed by atoms with Crippen molar-refractivity contribution >= 4 is 35.6 Å². The van der Waals surface area contributed by atoms with Gasteiger partial charge in [-0.2, -0.15) is 11.8 Å². The summed E-state index contributed by atoms with van der Waals surface area (Å²) in [4.78, 5) is 49.4.